The van der Waals surface area contributed by atoms with Crippen LogP contribution in [0.5, 0.6) is 5.75 Å². The SMILES string of the molecule is C/C(CN(C)C)=C(/c1ccc(-c2ccc(Cl)cc2)cc1)c1cccc(O)c1. The van der Waals surface area contributed by atoms with Crippen LogP contribution in [0.15, 0.2) is 78.4 Å². The summed E-state index contributed by atoms with van der Waals surface area (Å²) < 4.78 is 0. The Labute approximate surface area is 166 Å². The molecule has 138 valence electrons. The zero-order valence-electron chi connectivity index (χ0n) is 15.9. The molecular weight excluding hydrogens is 354 g/mol. The highest BCUT2D eigenvalue weighted by molar-refractivity contribution is 6.30. The molecule has 27 heavy (non-hydrogen) atoms. The number of aromatic hydroxyl groups is 1. The molecule has 0 heterocycles. The molecule has 0 fully saturated rings. The summed E-state index contributed by atoms with van der Waals surface area (Å²) in [5.74, 6) is 0.278. The van der Waals surface area contributed by atoms with E-state index in [1.54, 1.807) is 6.07 Å². The van der Waals surface area contributed by atoms with Gasteiger partial charge in [-0.15, -0.1) is 0 Å². The van der Waals surface area contributed by atoms with E-state index in [0.29, 0.717) is 0 Å². The van der Waals surface area contributed by atoms with Crippen molar-refractivity contribution >= 4 is 17.2 Å². The fourth-order valence-corrected chi connectivity index (χ4v) is 3.47. The predicted molar refractivity (Wildman–Crippen MR) is 115 cm³/mol. The monoisotopic (exact) mass is 377 g/mol. The largest absolute Gasteiger partial charge is 0.508 e. The van der Waals surface area contributed by atoms with E-state index in [9.17, 15) is 5.11 Å². The third-order valence-corrected chi connectivity index (χ3v) is 4.72. The van der Waals surface area contributed by atoms with Crippen LogP contribution in [0.1, 0.15) is 18.1 Å². The fraction of sp³-hybridized carbons (Fsp3) is 0.167. The molecule has 3 heteroatoms. The summed E-state index contributed by atoms with van der Waals surface area (Å²) in [6.07, 6.45) is 0. The first-order chi connectivity index (χ1) is 12.9. The van der Waals surface area contributed by atoms with Crippen molar-refractivity contribution in [2.24, 2.45) is 0 Å². The molecule has 0 unspecified atom stereocenters. The Bertz CT molecular complexity index is 941. The topological polar surface area (TPSA) is 23.5 Å². The molecule has 0 amide bonds. The van der Waals surface area contributed by atoms with Crippen molar-refractivity contribution in [1.29, 1.82) is 0 Å². The average molecular weight is 378 g/mol. The molecule has 0 saturated heterocycles. The van der Waals surface area contributed by atoms with E-state index in [1.165, 1.54) is 5.57 Å². The van der Waals surface area contributed by atoms with Gasteiger partial charge in [0.05, 0.1) is 0 Å². The first kappa shape index (κ1) is 19.2. The number of benzene rings is 3. The first-order valence-corrected chi connectivity index (χ1v) is 9.32. The van der Waals surface area contributed by atoms with Crippen LogP contribution in [0.4, 0.5) is 0 Å². The lowest BCUT2D eigenvalue weighted by Gasteiger charge is -2.17. The zero-order valence-corrected chi connectivity index (χ0v) is 16.7. The summed E-state index contributed by atoms with van der Waals surface area (Å²) in [6.45, 7) is 3.00. The van der Waals surface area contributed by atoms with E-state index < -0.39 is 0 Å². The van der Waals surface area contributed by atoms with Gasteiger partial charge in [-0.1, -0.05) is 65.7 Å². The van der Waals surface area contributed by atoms with Crippen LogP contribution in [0.25, 0.3) is 16.7 Å². The van der Waals surface area contributed by atoms with Crippen molar-refractivity contribution in [2.45, 2.75) is 6.92 Å². The number of rotatable bonds is 5. The van der Waals surface area contributed by atoms with Gasteiger partial charge in [0.2, 0.25) is 0 Å². The van der Waals surface area contributed by atoms with Crippen LogP contribution < -0.4 is 0 Å². The lowest BCUT2D eigenvalue weighted by molar-refractivity contribution is 0.446. The number of halogens is 1. The predicted octanol–water partition coefficient (Wildman–Crippen LogP) is 6.10. The second-order valence-corrected chi connectivity index (χ2v) is 7.46. The van der Waals surface area contributed by atoms with Gasteiger partial charge in [0.1, 0.15) is 5.75 Å². The normalized spacial score (nSPS) is 12.2. The Morgan fingerprint density at radius 2 is 1.44 bits per heavy atom. The highest BCUT2D eigenvalue weighted by Gasteiger charge is 2.11. The lowest BCUT2D eigenvalue weighted by atomic mass is 9.92. The van der Waals surface area contributed by atoms with Crippen molar-refractivity contribution in [3.63, 3.8) is 0 Å². The van der Waals surface area contributed by atoms with Crippen LogP contribution in [-0.4, -0.2) is 30.6 Å². The average Bonchev–Trinajstić information content (AvgIpc) is 2.63. The summed E-state index contributed by atoms with van der Waals surface area (Å²) in [7, 11) is 4.13. The van der Waals surface area contributed by atoms with Crippen LogP contribution in [0, 0.1) is 0 Å². The van der Waals surface area contributed by atoms with Crippen LogP contribution in [0.2, 0.25) is 5.02 Å². The quantitative estimate of drug-likeness (QED) is 0.581. The Morgan fingerprint density at radius 1 is 0.852 bits per heavy atom. The van der Waals surface area contributed by atoms with Gasteiger partial charge in [-0.3, -0.25) is 0 Å². The van der Waals surface area contributed by atoms with Gasteiger partial charge in [-0.2, -0.15) is 0 Å². The second-order valence-electron chi connectivity index (χ2n) is 7.03. The molecule has 0 aliphatic carbocycles. The summed E-state index contributed by atoms with van der Waals surface area (Å²) >= 11 is 5.99. The van der Waals surface area contributed by atoms with Gasteiger partial charge in [-0.05, 0) is 73.1 Å². The number of phenols is 1. The first-order valence-electron chi connectivity index (χ1n) is 8.94. The highest BCUT2D eigenvalue weighted by atomic mass is 35.5. The van der Waals surface area contributed by atoms with Gasteiger partial charge in [0, 0.05) is 11.6 Å². The zero-order chi connectivity index (χ0) is 19.4. The van der Waals surface area contributed by atoms with E-state index in [2.05, 4.69) is 50.2 Å². The van der Waals surface area contributed by atoms with Crippen molar-refractivity contribution in [2.75, 3.05) is 20.6 Å². The standard InChI is InChI=1S/C24H24ClNO/c1-17(16-26(2)3)24(21-5-4-6-23(27)15-21)20-9-7-18(8-10-20)19-11-13-22(25)14-12-19/h4-15,27H,16H2,1-3H3/b24-17+. The summed E-state index contributed by atoms with van der Waals surface area (Å²) in [6, 6.07) is 23.9. The van der Waals surface area contributed by atoms with Gasteiger partial charge in [0.25, 0.3) is 0 Å². The summed E-state index contributed by atoms with van der Waals surface area (Å²) in [5, 5.41) is 10.7. The minimum atomic E-state index is 0.278. The van der Waals surface area contributed by atoms with Crippen molar-refractivity contribution in [1.82, 2.24) is 4.90 Å². The molecule has 1 N–H and O–H groups in total. The number of nitrogens with zero attached hydrogens (tertiary/aromatic N) is 1. The van der Waals surface area contributed by atoms with Gasteiger partial charge >= 0.3 is 0 Å². The lowest BCUT2D eigenvalue weighted by Crippen LogP contribution is -2.15. The summed E-state index contributed by atoms with van der Waals surface area (Å²) in [4.78, 5) is 2.15. The van der Waals surface area contributed by atoms with Crippen LogP contribution in [-0.2, 0) is 0 Å². The highest BCUT2D eigenvalue weighted by Crippen LogP contribution is 2.31. The number of likely N-dealkylation sites (N-methyl/N-ethyl adjacent to an activating group) is 1. The molecule has 3 aromatic rings. The molecule has 0 aliphatic rings. The minimum Gasteiger partial charge on any atom is -0.508 e. The van der Waals surface area contributed by atoms with E-state index >= 15 is 0 Å². The van der Waals surface area contributed by atoms with Crippen LogP contribution >= 0.6 is 11.6 Å². The molecule has 0 spiro atoms. The summed E-state index contributed by atoms with van der Waals surface area (Å²) in [5.41, 5.74) is 6.85. The number of phenolic OH excluding ortho intramolecular Hbond substituents is 1. The van der Waals surface area contributed by atoms with E-state index in [4.69, 9.17) is 11.6 Å². The van der Waals surface area contributed by atoms with Gasteiger partial charge < -0.3 is 10.0 Å². The molecule has 0 bridgehead atoms. The molecular formula is C24H24ClNO. The van der Waals surface area contributed by atoms with Crippen molar-refractivity contribution in [3.8, 4) is 16.9 Å². The molecule has 3 rings (SSSR count). The van der Waals surface area contributed by atoms with E-state index in [1.807, 2.05) is 42.5 Å². The molecule has 0 atom stereocenters. The van der Waals surface area contributed by atoms with Gasteiger partial charge in [-0.25, -0.2) is 0 Å². The van der Waals surface area contributed by atoms with Crippen molar-refractivity contribution in [3.05, 3.63) is 94.5 Å². The molecule has 0 saturated carbocycles. The van der Waals surface area contributed by atoms with E-state index in [0.717, 1.165) is 39.4 Å². The number of hydrogen-bond acceptors (Lipinski definition) is 2. The smallest absolute Gasteiger partial charge is 0.116 e. The Balaban J connectivity index is 2.03. The van der Waals surface area contributed by atoms with Crippen molar-refractivity contribution < 1.29 is 5.11 Å². The maximum atomic E-state index is 9.94. The third kappa shape index (κ3) is 4.79. The molecule has 2 nitrogen and oxygen atoms in total. The minimum absolute atomic E-state index is 0.278. The molecule has 0 radical (unpaired) electrons. The maximum Gasteiger partial charge on any atom is 0.116 e. The number of hydrogen-bond donors (Lipinski definition) is 1. The van der Waals surface area contributed by atoms with Gasteiger partial charge in [0.15, 0.2) is 0 Å². The van der Waals surface area contributed by atoms with Crippen LogP contribution in [0.3, 0.4) is 0 Å². The Kier molecular flexibility index (Phi) is 6.00. The maximum absolute atomic E-state index is 9.94. The molecule has 0 aliphatic heterocycles. The Hall–Kier alpha value is -2.55. The third-order valence-electron chi connectivity index (χ3n) is 4.47. The fourth-order valence-electron chi connectivity index (χ4n) is 3.35. The second kappa shape index (κ2) is 8.43. The van der Waals surface area contributed by atoms with E-state index in [-0.39, 0.29) is 5.75 Å². The Morgan fingerprint density at radius 3 is 2.00 bits per heavy atom. The molecule has 3 aromatic carbocycles. The molecule has 0 aromatic heterocycles.